The third-order valence-corrected chi connectivity index (χ3v) is 3.45. The summed E-state index contributed by atoms with van der Waals surface area (Å²) < 4.78 is 105. The van der Waals surface area contributed by atoms with Crippen LogP contribution in [0.3, 0.4) is 0 Å². The third-order valence-electron chi connectivity index (χ3n) is 3.45. The van der Waals surface area contributed by atoms with Gasteiger partial charge in [-0.05, 0) is 6.42 Å². The maximum absolute atomic E-state index is 14.1. The lowest BCUT2D eigenvalue weighted by molar-refractivity contribution is -0.344. The summed E-state index contributed by atoms with van der Waals surface area (Å²) in [6.07, 6.45) is -12.3. The average molecular weight is 294 g/mol. The van der Waals surface area contributed by atoms with Crippen LogP contribution in [0.15, 0.2) is 25.3 Å². The summed E-state index contributed by atoms with van der Waals surface area (Å²) in [4.78, 5) is 0. The van der Waals surface area contributed by atoms with Crippen LogP contribution in [0.4, 0.5) is 35.1 Å². The number of rotatable bonds is 2. The van der Waals surface area contributed by atoms with E-state index in [1.165, 1.54) is 0 Å². The summed E-state index contributed by atoms with van der Waals surface area (Å²) in [5, 5.41) is 0. The van der Waals surface area contributed by atoms with E-state index >= 15 is 0 Å². The fraction of sp³-hybridized carbons (Fsp3) is 0.636. The second kappa shape index (κ2) is 4.21. The fourth-order valence-electron chi connectivity index (χ4n) is 2.49. The molecule has 1 aliphatic rings. The third kappa shape index (κ3) is 1.79. The Kier molecular flexibility index (Phi) is 3.54. The van der Waals surface area contributed by atoms with Crippen molar-refractivity contribution in [3.8, 4) is 0 Å². The van der Waals surface area contributed by atoms with E-state index in [0.29, 0.717) is 12.2 Å². The maximum atomic E-state index is 14.1. The minimum Gasteiger partial charge on any atom is -0.229 e. The van der Waals surface area contributed by atoms with E-state index in [2.05, 4.69) is 13.2 Å². The minimum absolute atomic E-state index is 0.358. The maximum Gasteiger partial charge on any atom is 0.426 e. The fourth-order valence-corrected chi connectivity index (χ4v) is 2.49. The zero-order valence-electron chi connectivity index (χ0n) is 9.45. The molecule has 0 radical (unpaired) electrons. The lowest BCUT2D eigenvalue weighted by Gasteiger charge is -2.40. The molecule has 0 bridgehead atoms. The topological polar surface area (TPSA) is 0 Å². The van der Waals surface area contributed by atoms with E-state index in [-0.39, 0.29) is 0 Å². The van der Waals surface area contributed by atoms with Gasteiger partial charge in [0.2, 0.25) is 0 Å². The highest BCUT2D eigenvalue weighted by Crippen LogP contribution is 2.65. The Hall–Kier alpha value is -1.08. The van der Waals surface area contributed by atoms with E-state index in [1.54, 1.807) is 0 Å². The van der Waals surface area contributed by atoms with Gasteiger partial charge in [0, 0.05) is 11.8 Å². The van der Waals surface area contributed by atoms with Crippen molar-refractivity contribution in [1.82, 2.24) is 0 Å². The van der Waals surface area contributed by atoms with Crippen LogP contribution in [0.2, 0.25) is 0 Å². The molecule has 2 unspecified atom stereocenters. The van der Waals surface area contributed by atoms with E-state index < -0.39 is 41.9 Å². The van der Waals surface area contributed by atoms with Crippen LogP contribution in [-0.2, 0) is 0 Å². The first-order valence-corrected chi connectivity index (χ1v) is 5.14. The van der Waals surface area contributed by atoms with E-state index in [4.69, 9.17) is 0 Å². The molecular formula is C11H10F8. The highest BCUT2D eigenvalue weighted by atomic mass is 19.4. The Morgan fingerprint density at radius 3 is 1.21 bits per heavy atom. The van der Waals surface area contributed by atoms with Gasteiger partial charge >= 0.3 is 12.4 Å². The molecule has 19 heavy (non-hydrogen) atoms. The Balaban J connectivity index is 3.61. The quantitative estimate of drug-likeness (QED) is 0.518. The SMILES string of the molecule is C=CC1CC(C=C)[C@](F)(C(F)(F)F)[C@@]1(F)C(F)(F)F. The van der Waals surface area contributed by atoms with Crippen LogP contribution >= 0.6 is 0 Å². The zero-order valence-corrected chi connectivity index (χ0v) is 9.45. The van der Waals surface area contributed by atoms with Crippen molar-refractivity contribution < 1.29 is 35.1 Å². The van der Waals surface area contributed by atoms with Gasteiger partial charge in [-0.1, -0.05) is 12.2 Å². The van der Waals surface area contributed by atoms with Gasteiger partial charge in [0.15, 0.2) is 0 Å². The van der Waals surface area contributed by atoms with Crippen LogP contribution in [0.1, 0.15) is 6.42 Å². The number of hydrogen-bond acceptors (Lipinski definition) is 0. The largest absolute Gasteiger partial charge is 0.426 e. The van der Waals surface area contributed by atoms with Crippen LogP contribution in [0, 0.1) is 11.8 Å². The Morgan fingerprint density at radius 2 is 1.05 bits per heavy atom. The molecule has 0 amide bonds. The normalized spacial score (nSPS) is 40.2. The van der Waals surface area contributed by atoms with Crippen LogP contribution in [0.25, 0.3) is 0 Å². The molecule has 0 nitrogen and oxygen atoms in total. The molecule has 0 N–H and O–H groups in total. The summed E-state index contributed by atoms with van der Waals surface area (Å²) >= 11 is 0. The molecule has 1 rings (SSSR count). The first-order valence-electron chi connectivity index (χ1n) is 5.14. The monoisotopic (exact) mass is 294 g/mol. The van der Waals surface area contributed by atoms with Crippen molar-refractivity contribution in [3.63, 3.8) is 0 Å². The second-order valence-electron chi connectivity index (χ2n) is 4.34. The molecule has 1 fully saturated rings. The smallest absolute Gasteiger partial charge is 0.229 e. The summed E-state index contributed by atoms with van der Waals surface area (Å²) in [5.74, 6) is -4.66. The van der Waals surface area contributed by atoms with Gasteiger partial charge < -0.3 is 0 Å². The van der Waals surface area contributed by atoms with Gasteiger partial charge in [0.25, 0.3) is 11.3 Å². The highest BCUT2D eigenvalue weighted by molar-refractivity contribution is 5.26. The Morgan fingerprint density at radius 1 is 0.789 bits per heavy atom. The molecule has 1 aliphatic carbocycles. The predicted octanol–water partition coefficient (Wildman–Crippen LogP) is 4.54. The molecule has 0 aromatic heterocycles. The van der Waals surface area contributed by atoms with Crippen molar-refractivity contribution in [2.24, 2.45) is 11.8 Å². The van der Waals surface area contributed by atoms with Crippen molar-refractivity contribution in [2.75, 3.05) is 0 Å². The lowest BCUT2D eigenvalue weighted by atomic mass is 9.79. The summed E-state index contributed by atoms with van der Waals surface area (Å²) in [6, 6.07) is 0. The van der Waals surface area contributed by atoms with E-state index in [0.717, 1.165) is 0 Å². The first kappa shape index (κ1) is 16.0. The molecule has 0 aromatic carbocycles. The van der Waals surface area contributed by atoms with Gasteiger partial charge in [-0.2, -0.15) is 26.3 Å². The molecule has 0 aliphatic heterocycles. The number of alkyl halides is 8. The van der Waals surface area contributed by atoms with Crippen LogP contribution in [-0.4, -0.2) is 23.7 Å². The van der Waals surface area contributed by atoms with Crippen molar-refractivity contribution in [2.45, 2.75) is 30.1 Å². The average Bonchev–Trinajstić information content (AvgIpc) is 2.49. The summed E-state index contributed by atoms with van der Waals surface area (Å²) in [6.45, 7) is 5.72. The summed E-state index contributed by atoms with van der Waals surface area (Å²) in [7, 11) is 0. The first-order chi connectivity index (χ1) is 8.37. The van der Waals surface area contributed by atoms with Crippen molar-refractivity contribution >= 4 is 0 Å². The molecule has 4 atom stereocenters. The molecule has 8 heteroatoms. The molecular weight excluding hydrogens is 284 g/mol. The summed E-state index contributed by atoms with van der Waals surface area (Å²) in [5.41, 5.74) is -10.1. The number of hydrogen-bond donors (Lipinski definition) is 0. The standard InChI is InChI=1S/C11H10F8/c1-3-6-5-7(4-2)9(13,11(17,18)19)8(6,12)10(14,15)16/h3-4,6-7H,1-2,5H2/t6?,7?,8-,9-/m1/s1. The second-order valence-corrected chi connectivity index (χ2v) is 4.34. The number of allylic oxidation sites excluding steroid dienone is 2. The highest BCUT2D eigenvalue weighted by Gasteiger charge is 2.86. The zero-order chi connectivity index (χ0) is 15.3. The van der Waals surface area contributed by atoms with E-state index in [1.807, 2.05) is 0 Å². The molecule has 1 saturated carbocycles. The predicted molar refractivity (Wildman–Crippen MR) is 51.8 cm³/mol. The molecule has 0 saturated heterocycles. The molecule has 110 valence electrons. The Labute approximate surface area is 103 Å². The van der Waals surface area contributed by atoms with Gasteiger partial charge in [-0.25, -0.2) is 8.78 Å². The van der Waals surface area contributed by atoms with Gasteiger partial charge in [0.1, 0.15) is 0 Å². The van der Waals surface area contributed by atoms with Gasteiger partial charge in [-0.15, -0.1) is 13.2 Å². The van der Waals surface area contributed by atoms with Crippen LogP contribution in [0.5, 0.6) is 0 Å². The molecule has 0 heterocycles. The van der Waals surface area contributed by atoms with Crippen molar-refractivity contribution in [1.29, 1.82) is 0 Å². The molecule has 0 spiro atoms. The lowest BCUT2D eigenvalue weighted by Crippen LogP contribution is -2.65. The minimum atomic E-state index is -6.02. The van der Waals surface area contributed by atoms with Crippen LogP contribution < -0.4 is 0 Å². The Bertz CT molecular complexity index is 345. The van der Waals surface area contributed by atoms with Gasteiger partial charge in [-0.3, -0.25) is 0 Å². The van der Waals surface area contributed by atoms with Crippen molar-refractivity contribution in [3.05, 3.63) is 25.3 Å². The molecule has 0 aromatic rings. The number of halogens is 8. The van der Waals surface area contributed by atoms with Gasteiger partial charge in [0.05, 0.1) is 0 Å². The van der Waals surface area contributed by atoms with E-state index in [9.17, 15) is 35.1 Å².